The van der Waals surface area contributed by atoms with Crippen molar-refractivity contribution in [2.24, 2.45) is 0 Å². The molecule has 24 heavy (non-hydrogen) atoms. The molecule has 0 amide bonds. The summed E-state index contributed by atoms with van der Waals surface area (Å²) in [7, 11) is -3.68. The molecule has 1 aliphatic rings. The van der Waals surface area contributed by atoms with Crippen LogP contribution in [-0.2, 0) is 16.6 Å². The summed E-state index contributed by atoms with van der Waals surface area (Å²) >= 11 is 4.28. The highest BCUT2D eigenvalue weighted by atomic mass is 32.2. The van der Waals surface area contributed by atoms with Crippen LogP contribution in [0, 0.1) is 0 Å². The Labute approximate surface area is 147 Å². The Morgan fingerprint density at radius 3 is 2.54 bits per heavy atom. The van der Waals surface area contributed by atoms with Gasteiger partial charge in [-0.2, -0.15) is 16.9 Å². The predicted molar refractivity (Wildman–Crippen MR) is 95.1 cm³/mol. The highest BCUT2D eigenvalue weighted by molar-refractivity contribution is 7.89. The normalized spacial score (nSPS) is 14.8. The Morgan fingerprint density at radius 1 is 1.12 bits per heavy atom. The van der Waals surface area contributed by atoms with Gasteiger partial charge in [0.15, 0.2) is 11.5 Å². The molecular formula is C17H19NO4S2. The van der Waals surface area contributed by atoms with Gasteiger partial charge in [-0.3, -0.25) is 0 Å². The van der Waals surface area contributed by atoms with Crippen LogP contribution in [-0.4, -0.2) is 31.3 Å². The number of fused-ring (bicyclic) bond motifs is 1. The second kappa shape index (κ2) is 7.04. The van der Waals surface area contributed by atoms with Gasteiger partial charge in [0.25, 0.3) is 0 Å². The molecule has 0 spiro atoms. The number of thiol groups is 1. The van der Waals surface area contributed by atoms with Gasteiger partial charge in [-0.1, -0.05) is 30.3 Å². The molecular weight excluding hydrogens is 346 g/mol. The predicted octanol–water partition coefficient (Wildman–Crippen LogP) is 2.92. The minimum absolute atomic E-state index is 0.111. The molecule has 0 bridgehead atoms. The van der Waals surface area contributed by atoms with Gasteiger partial charge >= 0.3 is 0 Å². The molecule has 128 valence electrons. The van der Waals surface area contributed by atoms with E-state index in [-0.39, 0.29) is 17.7 Å². The highest BCUT2D eigenvalue weighted by Crippen LogP contribution is 2.35. The third-order valence-corrected chi connectivity index (χ3v) is 6.37. The van der Waals surface area contributed by atoms with Gasteiger partial charge in [0.05, 0.1) is 4.90 Å². The van der Waals surface area contributed by atoms with Crippen LogP contribution >= 0.6 is 12.6 Å². The van der Waals surface area contributed by atoms with Gasteiger partial charge in [-0.05, 0) is 24.6 Å². The molecule has 3 rings (SSSR count). The minimum atomic E-state index is -3.68. The first kappa shape index (κ1) is 17.1. The number of ether oxygens (including phenoxy) is 2. The van der Waals surface area contributed by atoms with Crippen molar-refractivity contribution in [3.05, 3.63) is 54.1 Å². The highest BCUT2D eigenvalue weighted by Gasteiger charge is 2.30. The lowest BCUT2D eigenvalue weighted by atomic mass is 10.2. The van der Waals surface area contributed by atoms with Crippen molar-refractivity contribution in [3.63, 3.8) is 0 Å². The van der Waals surface area contributed by atoms with E-state index in [0.29, 0.717) is 23.8 Å². The van der Waals surface area contributed by atoms with Gasteiger partial charge in [0.2, 0.25) is 16.8 Å². The van der Waals surface area contributed by atoms with Gasteiger partial charge in [0, 0.05) is 24.4 Å². The summed E-state index contributed by atoms with van der Waals surface area (Å²) in [4.78, 5) is 0.191. The van der Waals surface area contributed by atoms with E-state index in [2.05, 4.69) is 12.6 Å². The first-order valence-electron chi connectivity index (χ1n) is 7.58. The SMILES string of the molecule is C[C@H](CS)N(Cc1ccccc1)S(=O)(=O)c1ccc2c(c1)OCO2. The van der Waals surface area contributed by atoms with E-state index in [4.69, 9.17) is 9.47 Å². The summed E-state index contributed by atoms with van der Waals surface area (Å²) in [5.74, 6) is 1.44. The molecule has 5 nitrogen and oxygen atoms in total. The largest absolute Gasteiger partial charge is 0.454 e. The van der Waals surface area contributed by atoms with E-state index in [1.165, 1.54) is 10.4 Å². The second-order valence-corrected chi connectivity index (χ2v) is 7.84. The monoisotopic (exact) mass is 365 g/mol. The third kappa shape index (κ3) is 3.38. The first-order chi connectivity index (χ1) is 11.5. The van der Waals surface area contributed by atoms with Crippen LogP contribution in [0.4, 0.5) is 0 Å². The molecule has 7 heteroatoms. The Kier molecular flexibility index (Phi) is 5.03. The fourth-order valence-electron chi connectivity index (χ4n) is 2.50. The van der Waals surface area contributed by atoms with E-state index in [9.17, 15) is 8.42 Å². The zero-order valence-electron chi connectivity index (χ0n) is 13.3. The van der Waals surface area contributed by atoms with Gasteiger partial charge in [-0.15, -0.1) is 0 Å². The van der Waals surface area contributed by atoms with E-state index in [1.54, 1.807) is 12.1 Å². The lowest BCUT2D eigenvalue weighted by Gasteiger charge is -2.27. The van der Waals surface area contributed by atoms with E-state index in [1.807, 2.05) is 37.3 Å². The van der Waals surface area contributed by atoms with Crippen molar-refractivity contribution in [1.29, 1.82) is 0 Å². The molecule has 0 unspecified atom stereocenters. The summed E-state index contributed by atoms with van der Waals surface area (Å²) in [6.07, 6.45) is 0. The molecule has 0 aromatic heterocycles. The molecule has 0 fully saturated rings. The van der Waals surface area contributed by atoms with Crippen LogP contribution in [0.1, 0.15) is 12.5 Å². The summed E-state index contributed by atoms with van der Waals surface area (Å²) in [6.45, 7) is 2.25. The number of sulfonamides is 1. The Bertz CT molecular complexity index is 809. The van der Waals surface area contributed by atoms with Crippen molar-refractivity contribution in [2.45, 2.75) is 24.4 Å². The standard InChI is InChI=1S/C17H19NO4S2/c1-13(11-23)18(10-14-5-3-2-4-6-14)24(19,20)15-7-8-16-17(9-15)22-12-21-16/h2-9,13,23H,10-12H2,1H3/t13-/m1/s1. The van der Waals surface area contributed by atoms with Gasteiger partial charge in [-0.25, -0.2) is 8.42 Å². The van der Waals surface area contributed by atoms with Crippen molar-refractivity contribution in [1.82, 2.24) is 4.31 Å². The van der Waals surface area contributed by atoms with Crippen molar-refractivity contribution in [3.8, 4) is 11.5 Å². The lowest BCUT2D eigenvalue weighted by molar-refractivity contribution is 0.174. The fourth-order valence-corrected chi connectivity index (χ4v) is 4.45. The zero-order valence-corrected chi connectivity index (χ0v) is 15.0. The smallest absolute Gasteiger partial charge is 0.243 e. The molecule has 1 atom stereocenters. The molecule has 1 heterocycles. The van der Waals surface area contributed by atoms with Crippen molar-refractivity contribution in [2.75, 3.05) is 12.5 Å². The Hall–Kier alpha value is -1.70. The van der Waals surface area contributed by atoms with E-state index < -0.39 is 10.0 Å². The topological polar surface area (TPSA) is 55.8 Å². The summed E-state index contributed by atoms with van der Waals surface area (Å²) in [5.41, 5.74) is 0.926. The number of hydrogen-bond donors (Lipinski definition) is 1. The Morgan fingerprint density at radius 2 is 1.83 bits per heavy atom. The van der Waals surface area contributed by atoms with E-state index in [0.717, 1.165) is 5.56 Å². The molecule has 0 N–H and O–H groups in total. The second-order valence-electron chi connectivity index (χ2n) is 5.58. The van der Waals surface area contributed by atoms with Crippen molar-refractivity contribution >= 4 is 22.7 Å². The summed E-state index contributed by atoms with van der Waals surface area (Å²) in [5, 5.41) is 0. The Balaban J connectivity index is 1.96. The molecule has 0 saturated heterocycles. The number of benzene rings is 2. The quantitative estimate of drug-likeness (QED) is 0.800. The maximum atomic E-state index is 13.1. The van der Waals surface area contributed by atoms with Crippen LogP contribution in [0.25, 0.3) is 0 Å². The zero-order chi connectivity index (χ0) is 17.2. The maximum Gasteiger partial charge on any atom is 0.243 e. The van der Waals surface area contributed by atoms with E-state index >= 15 is 0 Å². The van der Waals surface area contributed by atoms with Gasteiger partial charge < -0.3 is 9.47 Å². The first-order valence-corrected chi connectivity index (χ1v) is 9.66. The molecule has 2 aromatic rings. The number of hydrogen-bond acceptors (Lipinski definition) is 5. The van der Waals surface area contributed by atoms with Crippen LogP contribution in [0.15, 0.2) is 53.4 Å². The van der Waals surface area contributed by atoms with Gasteiger partial charge in [0.1, 0.15) is 0 Å². The summed E-state index contributed by atoms with van der Waals surface area (Å²) in [6, 6.07) is 14.0. The number of rotatable bonds is 6. The number of nitrogens with zero attached hydrogens (tertiary/aromatic N) is 1. The molecule has 0 aliphatic carbocycles. The lowest BCUT2D eigenvalue weighted by Crippen LogP contribution is -2.39. The van der Waals surface area contributed by atoms with Crippen molar-refractivity contribution < 1.29 is 17.9 Å². The van der Waals surface area contributed by atoms with Crippen LogP contribution in [0.5, 0.6) is 11.5 Å². The fraction of sp³-hybridized carbons (Fsp3) is 0.294. The average Bonchev–Trinajstić information content (AvgIpc) is 3.07. The summed E-state index contributed by atoms with van der Waals surface area (Å²) < 4.78 is 38.3. The maximum absolute atomic E-state index is 13.1. The molecule has 1 aliphatic heterocycles. The molecule has 0 saturated carbocycles. The minimum Gasteiger partial charge on any atom is -0.454 e. The van der Waals surface area contributed by atoms with Crippen LogP contribution in [0.3, 0.4) is 0 Å². The average molecular weight is 365 g/mol. The third-order valence-electron chi connectivity index (χ3n) is 3.89. The molecule has 2 aromatic carbocycles. The van der Waals surface area contributed by atoms with Crippen LogP contribution < -0.4 is 9.47 Å². The molecule has 0 radical (unpaired) electrons. The van der Waals surface area contributed by atoms with Crippen LogP contribution in [0.2, 0.25) is 0 Å².